The first kappa shape index (κ1) is 17.6. The first-order chi connectivity index (χ1) is 13.0. The number of aromatic nitrogens is 1. The molecule has 0 atom stereocenters. The molecule has 2 heterocycles. The van der Waals surface area contributed by atoms with Gasteiger partial charge in [-0.1, -0.05) is 17.7 Å². The third-order valence-electron chi connectivity index (χ3n) is 5.19. The van der Waals surface area contributed by atoms with Crippen molar-refractivity contribution in [2.24, 2.45) is 0 Å². The van der Waals surface area contributed by atoms with E-state index in [1.165, 1.54) is 10.4 Å². The summed E-state index contributed by atoms with van der Waals surface area (Å²) in [6, 6.07) is 14.4. The number of hydrogen-bond acceptors (Lipinski definition) is 4. The zero-order valence-electron chi connectivity index (χ0n) is 15.2. The Labute approximate surface area is 159 Å². The van der Waals surface area contributed by atoms with E-state index < -0.39 is 10.0 Å². The summed E-state index contributed by atoms with van der Waals surface area (Å²) in [5, 5.41) is 10.4. The van der Waals surface area contributed by atoms with Crippen molar-refractivity contribution in [2.45, 2.75) is 31.1 Å². The molecule has 1 saturated heterocycles. The summed E-state index contributed by atoms with van der Waals surface area (Å²) in [4.78, 5) is 2.51. The van der Waals surface area contributed by atoms with Gasteiger partial charge in [0.1, 0.15) is 6.07 Å². The predicted molar refractivity (Wildman–Crippen MR) is 106 cm³/mol. The van der Waals surface area contributed by atoms with Gasteiger partial charge in [0.05, 0.1) is 16.0 Å². The van der Waals surface area contributed by atoms with Crippen LogP contribution in [0.25, 0.3) is 10.9 Å². The number of aryl methyl sites for hydroxylation is 1. The van der Waals surface area contributed by atoms with Crippen molar-refractivity contribution < 1.29 is 8.42 Å². The zero-order chi connectivity index (χ0) is 19.0. The molecule has 4 rings (SSSR count). The average molecular weight is 379 g/mol. The third-order valence-corrected chi connectivity index (χ3v) is 6.88. The Balaban J connectivity index is 1.92. The van der Waals surface area contributed by atoms with E-state index in [4.69, 9.17) is 0 Å². The summed E-state index contributed by atoms with van der Waals surface area (Å²) in [6.45, 7) is 3.83. The fraction of sp³-hybridized carbons (Fsp3) is 0.286. The van der Waals surface area contributed by atoms with E-state index in [2.05, 4.69) is 11.0 Å². The summed E-state index contributed by atoms with van der Waals surface area (Å²) in [5.74, 6) is 0. The largest absolute Gasteiger partial charge is 0.371 e. The number of nitrogens with zero attached hydrogens (tertiary/aromatic N) is 3. The minimum Gasteiger partial charge on any atom is -0.371 e. The van der Waals surface area contributed by atoms with E-state index in [0.717, 1.165) is 42.6 Å². The van der Waals surface area contributed by atoms with Crippen molar-refractivity contribution in [1.82, 2.24) is 3.97 Å². The fourth-order valence-corrected chi connectivity index (χ4v) is 5.11. The molecule has 1 aliphatic rings. The minimum atomic E-state index is -3.77. The number of nitriles is 1. The molecule has 138 valence electrons. The first-order valence-electron chi connectivity index (χ1n) is 9.14. The maximum absolute atomic E-state index is 13.2. The van der Waals surface area contributed by atoms with Crippen LogP contribution in [-0.2, 0) is 10.0 Å². The topological polar surface area (TPSA) is 66.1 Å². The summed E-state index contributed by atoms with van der Waals surface area (Å²) in [7, 11) is -3.77. The van der Waals surface area contributed by atoms with Gasteiger partial charge >= 0.3 is 0 Å². The Morgan fingerprint density at radius 2 is 1.67 bits per heavy atom. The lowest BCUT2D eigenvalue weighted by Gasteiger charge is -2.29. The second kappa shape index (κ2) is 6.75. The molecule has 0 radical (unpaired) electrons. The van der Waals surface area contributed by atoms with Crippen molar-refractivity contribution in [1.29, 1.82) is 5.26 Å². The van der Waals surface area contributed by atoms with E-state index in [9.17, 15) is 13.7 Å². The van der Waals surface area contributed by atoms with Crippen LogP contribution >= 0.6 is 0 Å². The average Bonchev–Trinajstić information content (AvgIpc) is 3.14. The molecule has 3 aromatic rings. The van der Waals surface area contributed by atoms with Gasteiger partial charge in [0.25, 0.3) is 10.0 Å². The lowest BCUT2D eigenvalue weighted by Crippen LogP contribution is -2.29. The highest BCUT2D eigenvalue weighted by atomic mass is 32.2. The molecule has 5 nitrogen and oxygen atoms in total. The minimum absolute atomic E-state index is 0.220. The Bertz CT molecular complexity index is 1130. The molecular weight excluding hydrogens is 358 g/mol. The van der Waals surface area contributed by atoms with Gasteiger partial charge in [0.2, 0.25) is 0 Å². The van der Waals surface area contributed by atoms with Gasteiger partial charge in [-0.25, -0.2) is 12.4 Å². The summed E-state index contributed by atoms with van der Waals surface area (Å²) >= 11 is 0. The third kappa shape index (κ3) is 2.98. The van der Waals surface area contributed by atoms with Crippen LogP contribution in [-0.4, -0.2) is 25.5 Å². The number of anilines is 1. The molecule has 2 aromatic carbocycles. The van der Waals surface area contributed by atoms with Crippen molar-refractivity contribution in [2.75, 3.05) is 18.0 Å². The van der Waals surface area contributed by atoms with Crippen molar-refractivity contribution in [3.05, 3.63) is 59.8 Å². The van der Waals surface area contributed by atoms with Gasteiger partial charge in [0.15, 0.2) is 0 Å². The SMILES string of the molecule is Cc1ccc(S(=O)(=O)n2ccc3c(N4CCCCC4)ccc(C#N)c32)cc1. The molecule has 27 heavy (non-hydrogen) atoms. The monoisotopic (exact) mass is 379 g/mol. The molecule has 0 aliphatic carbocycles. The van der Waals surface area contributed by atoms with Gasteiger partial charge in [-0.2, -0.15) is 5.26 Å². The van der Waals surface area contributed by atoms with Crippen molar-refractivity contribution in [3.8, 4) is 6.07 Å². The highest BCUT2D eigenvalue weighted by molar-refractivity contribution is 7.90. The van der Waals surface area contributed by atoms with Crippen LogP contribution in [0.5, 0.6) is 0 Å². The molecule has 0 unspecified atom stereocenters. The van der Waals surface area contributed by atoms with Crippen LogP contribution in [0.15, 0.2) is 53.6 Å². The maximum Gasteiger partial charge on any atom is 0.268 e. The smallest absolute Gasteiger partial charge is 0.268 e. The molecule has 0 spiro atoms. The summed E-state index contributed by atoms with van der Waals surface area (Å²) < 4.78 is 27.7. The molecule has 1 aliphatic heterocycles. The predicted octanol–water partition coefficient (Wildman–Crippen LogP) is 4.05. The Hall–Kier alpha value is -2.78. The molecule has 0 amide bonds. The zero-order valence-corrected chi connectivity index (χ0v) is 16.0. The second-order valence-electron chi connectivity index (χ2n) is 6.98. The number of fused-ring (bicyclic) bond motifs is 1. The molecule has 1 fully saturated rings. The standard InChI is InChI=1S/C21H21N3O2S/c1-16-5-8-18(9-6-16)27(25,26)24-14-11-19-20(23-12-3-2-4-13-23)10-7-17(15-22)21(19)24/h5-11,14H,2-4,12-13H2,1H3. The van der Waals surface area contributed by atoms with E-state index in [1.54, 1.807) is 36.5 Å². The van der Waals surface area contributed by atoms with Crippen LogP contribution < -0.4 is 4.90 Å². The Kier molecular flexibility index (Phi) is 4.40. The second-order valence-corrected chi connectivity index (χ2v) is 8.80. The highest BCUT2D eigenvalue weighted by Gasteiger charge is 2.23. The van der Waals surface area contributed by atoms with Crippen LogP contribution in [0.2, 0.25) is 0 Å². The number of hydrogen-bond donors (Lipinski definition) is 0. The normalized spacial score (nSPS) is 15.0. The molecule has 6 heteroatoms. The van der Waals surface area contributed by atoms with Crippen LogP contribution in [0.1, 0.15) is 30.4 Å². The molecule has 0 bridgehead atoms. The number of piperidine rings is 1. The fourth-order valence-electron chi connectivity index (χ4n) is 3.74. The molecule has 1 aromatic heterocycles. The molecule has 0 N–H and O–H groups in total. The summed E-state index contributed by atoms with van der Waals surface area (Å²) in [5.41, 5.74) is 2.82. The van der Waals surface area contributed by atoms with Gasteiger partial charge < -0.3 is 4.90 Å². The molecule has 0 saturated carbocycles. The first-order valence-corrected chi connectivity index (χ1v) is 10.6. The molecular formula is C21H21N3O2S. The van der Waals surface area contributed by atoms with Crippen molar-refractivity contribution in [3.63, 3.8) is 0 Å². The van der Waals surface area contributed by atoms with Gasteiger partial charge in [0, 0.05) is 30.4 Å². The van der Waals surface area contributed by atoms with Gasteiger partial charge in [-0.05, 0) is 56.5 Å². The lowest BCUT2D eigenvalue weighted by atomic mass is 10.1. The van der Waals surface area contributed by atoms with Crippen LogP contribution in [0, 0.1) is 18.3 Å². The highest BCUT2D eigenvalue weighted by Crippen LogP contribution is 2.34. The maximum atomic E-state index is 13.2. The van der Waals surface area contributed by atoms with Gasteiger partial charge in [-0.3, -0.25) is 0 Å². The number of rotatable bonds is 3. The van der Waals surface area contributed by atoms with E-state index in [0.29, 0.717) is 11.1 Å². The Morgan fingerprint density at radius 3 is 2.33 bits per heavy atom. The number of benzene rings is 2. The van der Waals surface area contributed by atoms with Crippen LogP contribution in [0.3, 0.4) is 0 Å². The summed E-state index contributed by atoms with van der Waals surface area (Å²) in [6.07, 6.45) is 5.04. The van der Waals surface area contributed by atoms with Crippen molar-refractivity contribution >= 4 is 26.6 Å². The van der Waals surface area contributed by atoms with E-state index in [-0.39, 0.29) is 4.90 Å². The van der Waals surface area contributed by atoms with E-state index in [1.807, 2.05) is 19.1 Å². The quantitative estimate of drug-likeness (QED) is 0.689. The van der Waals surface area contributed by atoms with Gasteiger partial charge in [-0.15, -0.1) is 0 Å². The lowest BCUT2D eigenvalue weighted by molar-refractivity contribution is 0.579. The Morgan fingerprint density at radius 1 is 0.963 bits per heavy atom. The van der Waals surface area contributed by atoms with Crippen LogP contribution in [0.4, 0.5) is 5.69 Å². The van der Waals surface area contributed by atoms with E-state index >= 15 is 0 Å².